The topological polar surface area (TPSA) is 67.4 Å². The number of anilines is 2. The molecular weight excluding hydrogens is 340 g/mol. The van der Waals surface area contributed by atoms with Gasteiger partial charge in [0.1, 0.15) is 5.75 Å². The van der Waals surface area contributed by atoms with E-state index in [-0.39, 0.29) is 11.8 Å². The summed E-state index contributed by atoms with van der Waals surface area (Å²) in [6.45, 7) is 6.81. The van der Waals surface area contributed by atoms with Crippen molar-refractivity contribution in [3.05, 3.63) is 54.1 Å². The molecule has 0 aliphatic rings. The van der Waals surface area contributed by atoms with Crippen LogP contribution in [-0.4, -0.2) is 18.4 Å². The molecule has 2 N–H and O–H groups in total. The van der Waals surface area contributed by atoms with Crippen LogP contribution in [0.4, 0.5) is 11.4 Å². The second kappa shape index (κ2) is 10.4. The molecule has 0 heterocycles. The van der Waals surface area contributed by atoms with Gasteiger partial charge < -0.3 is 15.4 Å². The Labute approximate surface area is 161 Å². The van der Waals surface area contributed by atoms with E-state index in [2.05, 4.69) is 24.5 Å². The third-order valence-corrected chi connectivity index (χ3v) is 3.99. The van der Waals surface area contributed by atoms with Gasteiger partial charge in [-0.05, 0) is 55.2 Å². The molecule has 0 saturated heterocycles. The molecule has 0 saturated carbocycles. The molecule has 0 aliphatic carbocycles. The predicted molar refractivity (Wildman–Crippen MR) is 109 cm³/mol. The number of benzene rings is 2. The van der Waals surface area contributed by atoms with Crippen LogP contribution in [0.25, 0.3) is 0 Å². The SMILES string of the molecule is CCCC(=O)Nc1ccc(NC(=O)c2ccccc2OCCC(C)C)cc1. The summed E-state index contributed by atoms with van der Waals surface area (Å²) in [6.07, 6.45) is 2.23. The van der Waals surface area contributed by atoms with Gasteiger partial charge >= 0.3 is 0 Å². The maximum atomic E-state index is 12.6. The van der Waals surface area contributed by atoms with Gasteiger partial charge in [0.05, 0.1) is 12.2 Å². The van der Waals surface area contributed by atoms with Gasteiger partial charge in [-0.1, -0.05) is 32.9 Å². The zero-order valence-electron chi connectivity index (χ0n) is 16.2. The van der Waals surface area contributed by atoms with Gasteiger partial charge in [0, 0.05) is 17.8 Å². The van der Waals surface area contributed by atoms with E-state index in [0.717, 1.165) is 12.8 Å². The number of rotatable bonds is 9. The number of para-hydroxylation sites is 1. The van der Waals surface area contributed by atoms with Gasteiger partial charge in [-0.15, -0.1) is 0 Å². The molecule has 2 rings (SSSR count). The third kappa shape index (κ3) is 6.77. The van der Waals surface area contributed by atoms with Crippen molar-refractivity contribution in [2.45, 2.75) is 40.0 Å². The average molecular weight is 368 g/mol. The minimum atomic E-state index is -0.224. The lowest BCUT2D eigenvalue weighted by Crippen LogP contribution is -2.14. The minimum Gasteiger partial charge on any atom is -0.493 e. The number of amides is 2. The summed E-state index contributed by atoms with van der Waals surface area (Å²) in [6, 6.07) is 14.3. The number of carbonyl (C=O) groups is 2. The van der Waals surface area contributed by atoms with Crippen LogP contribution in [0.15, 0.2) is 48.5 Å². The molecule has 0 unspecified atom stereocenters. The van der Waals surface area contributed by atoms with Crippen LogP contribution in [0.3, 0.4) is 0 Å². The van der Waals surface area contributed by atoms with E-state index in [9.17, 15) is 9.59 Å². The zero-order valence-corrected chi connectivity index (χ0v) is 16.2. The molecule has 5 nitrogen and oxygen atoms in total. The van der Waals surface area contributed by atoms with E-state index in [1.165, 1.54) is 0 Å². The van der Waals surface area contributed by atoms with Crippen LogP contribution < -0.4 is 15.4 Å². The zero-order chi connectivity index (χ0) is 19.6. The lowest BCUT2D eigenvalue weighted by molar-refractivity contribution is -0.116. The van der Waals surface area contributed by atoms with Gasteiger partial charge in [-0.3, -0.25) is 9.59 Å². The first kappa shape index (κ1) is 20.5. The standard InChI is InChI=1S/C22H28N2O3/c1-4-7-21(25)23-17-10-12-18(13-11-17)24-22(26)19-8-5-6-9-20(19)27-15-14-16(2)3/h5-6,8-13,16H,4,7,14-15H2,1-3H3,(H,23,25)(H,24,26). The van der Waals surface area contributed by atoms with E-state index >= 15 is 0 Å². The normalized spacial score (nSPS) is 10.5. The molecule has 0 bridgehead atoms. The number of nitrogens with one attached hydrogen (secondary N) is 2. The molecule has 0 atom stereocenters. The smallest absolute Gasteiger partial charge is 0.259 e. The van der Waals surface area contributed by atoms with E-state index in [1.807, 2.05) is 25.1 Å². The Balaban J connectivity index is 1.99. The fourth-order valence-electron chi connectivity index (χ4n) is 2.47. The van der Waals surface area contributed by atoms with Gasteiger partial charge in [-0.25, -0.2) is 0 Å². The largest absolute Gasteiger partial charge is 0.493 e. The summed E-state index contributed by atoms with van der Waals surface area (Å²) in [5.74, 6) is 0.890. The highest BCUT2D eigenvalue weighted by Crippen LogP contribution is 2.21. The Morgan fingerprint density at radius 1 is 0.963 bits per heavy atom. The molecule has 0 aliphatic heterocycles. The summed E-state index contributed by atoms with van der Waals surface area (Å²) < 4.78 is 5.78. The summed E-state index contributed by atoms with van der Waals surface area (Å²) in [7, 11) is 0. The second-order valence-corrected chi connectivity index (χ2v) is 6.86. The predicted octanol–water partition coefficient (Wildman–Crippen LogP) is 5.10. The highest BCUT2D eigenvalue weighted by Gasteiger charge is 2.12. The third-order valence-electron chi connectivity index (χ3n) is 3.99. The van der Waals surface area contributed by atoms with Crippen molar-refractivity contribution in [3.63, 3.8) is 0 Å². The van der Waals surface area contributed by atoms with Crippen molar-refractivity contribution in [3.8, 4) is 5.75 Å². The van der Waals surface area contributed by atoms with E-state index < -0.39 is 0 Å². The maximum Gasteiger partial charge on any atom is 0.259 e. The fraction of sp³-hybridized carbons (Fsp3) is 0.364. The van der Waals surface area contributed by atoms with Crippen molar-refractivity contribution in [1.82, 2.24) is 0 Å². The van der Waals surface area contributed by atoms with Crippen LogP contribution in [0.5, 0.6) is 5.75 Å². The van der Waals surface area contributed by atoms with Crippen molar-refractivity contribution < 1.29 is 14.3 Å². The number of ether oxygens (including phenoxy) is 1. The monoisotopic (exact) mass is 368 g/mol. The van der Waals surface area contributed by atoms with Crippen molar-refractivity contribution >= 4 is 23.2 Å². The number of hydrogen-bond acceptors (Lipinski definition) is 3. The molecular formula is C22H28N2O3. The number of hydrogen-bond donors (Lipinski definition) is 2. The van der Waals surface area contributed by atoms with Crippen LogP contribution in [0.1, 0.15) is 50.4 Å². The molecule has 2 amide bonds. The highest BCUT2D eigenvalue weighted by atomic mass is 16.5. The average Bonchev–Trinajstić information content (AvgIpc) is 2.63. The van der Waals surface area contributed by atoms with Crippen molar-refractivity contribution in [2.24, 2.45) is 5.92 Å². The molecule has 27 heavy (non-hydrogen) atoms. The van der Waals surface area contributed by atoms with Gasteiger partial charge in [0.2, 0.25) is 5.91 Å². The molecule has 0 radical (unpaired) electrons. The van der Waals surface area contributed by atoms with Crippen LogP contribution in [0.2, 0.25) is 0 Å². The summed E-state index contributed by atoms with van der Waals surface area (Å²) >= 11 is 0. The van der Waals surface area contributed by atoms with Crippen LogP contribution >= 0.6 is 0 Å². The van der Waals surface area contributed by atoms with E-state index in [1.54, 1.807) is 30.3 Å². The molecule has 2 aromatic rings. The van der Waals surface area contributed by atoms with E-state index in [4.69, 9.17) is 4.74 Å². The van der Waals surface area contributed by atoms with Crippen LogP contribution in [-0.2, 0) is 4.79 Å². The van der Waals surface area contributed by atoms with Crippen molar-refractivity contribution in [1.29, 1.82) is 0 Å². The Hall–Kier alpha value is -2.82. The summed E-state index contributed by atoms with van der Waals surface area (Å²) in [5, 5.41) is 5.70. The first-order chi connectivity index (χ1) is 13.0. The first-order valence-electron chi connectivity index (χ1n) is 9.42. The number of carbonyl (C=O) groups excluding carboxylic acids is 2. The Bertz CT molecular complexity index is 754. The van der Waals surface area contributed by atoms with Crippen molar-refractivity contribution in [2.75, 3.05) is 17.2 Å². The first-order valence-corrected chi connectivity index (χ1v) is 9.42. The minimum absolute atomic E-state index is 0.0123. The molecule has 5 heteroatoms. The second-order valence-electron chi connectivity index (χ2n) is 6.86. The Morgan fingerprint density at radius 2 is 1.59 bits per heavy atom. The molecule has 2 aromatic carbocycles. The molecule has 0 spiro atoms. The molecule has 0 fully saturated rings. The molecule has 144 valence electrons. The van der Waals surface area contributed by atoms with Crippen LogP contribution in [0, 0.1) is 5.92 Å². The molecule has 0 aromatic heterocycles. The summed E-state index contributed by atoms with van der Waals surface area (Å²) in [5.41, 5.74) is 1.87. The quantitative estimate of drug-likeness (QED) is 0.647. The lowest BCUT2D eigenvalue weighted by Gasteiger charge is -2.13. The fourth-order valence-corrected chi connectivity index (χ4v) is 2.47. The Morgan fingerprint density at radius 3 is 2.22 bits per heavy atom. The van der Waals surface area contributed by atoms with Gasteiger partial charge in [0.25, 0.3) is 5.91 Å². The maximum absolute atomic E-state index is 12.6. The highest BCUT2D eigenvalue weighted by molar-refractivity contribution is 6.06. The summed E-state index contributed by atoms with van der Waals surface area (Å²) in [4.78, 5) is 24.3. The Kier molecular flexibility index (Phi) is 7.86. The van der Waals surface area contributed by atoms with E-state index in [0.29, 0.717) is 41.6 Å². The lowest BCUT2D eigenvalue weighted by atomic mass is 10.1. The van der Waals surface area contributed by atoms with Gasteiger partial charge in [-0.2, -0.15) is 0 Å². The van der Waals surface area contributed by atoms with Gasteiger partial charge in [0.15, 0.2) is 0 Å².